The maximum atomic E-state index is 5.57. The molecule has 324 valence electrons. The molecule has 6 aromatic rings. The van der Waals surface area contributed by atoms with Gasteiger partial charge in [0.2, 0.25) is 0 Å². The number of benzene rings is 4. The Morgan fingerprint density at radius 1 is 0.438 bits per heavy atom. The van der Waals surface area contributed by atoms with Gasteiger partial charge in [-0.25, -0.2) is 4.99 Å². The van der Waals surface area contributed by atoms with E-state index in [-0.39, 0.29) is 27.7 Å². The Kier molecular flexibility index (Phi) is 10.5. The van der Waals surface area contributed by atoms with E-state index in [1.165, 1.54) is 33.4 Å². The highest BCUT2D eigenvalue weighted by Crippen LogP contribution is 2.38. The summed E-state index contributed by atoms with van der Waals surface area (Å²) in [7, 11) is 0. The third-order valence-electron chi connectivity index (χ3n) is 13.2. The monoisotopic (exact) mass is 841 g/mol. The number of nitrogens with one attached hydrogen (secondary N) is 3. The molecule has 0 spiro atoms. The van der Waals surface area contributed by atoms with Gasteiger partial charge in [0.25, 0.3) is 0 Å². The zero-order valence-corrected chi connectivity index (χ0v) is 39.9. The molecule has 0 amide bonds. The summed E-state index contributed by atoms with van der Waals surface area (Å²) in [6, 6.07) is 43.2. The highest BCUT2D eigenvalue weighted by Gasteiger charge is 2.27. The second-order valence-electron chi connectivity index (χ2n) is 22.0. The number of H-pyrrole nitrogens is 2. The molecular formula is C60H64N4. The molecule has 64 heavy (non-hydrogen) atoms. The van der Waals surface area contributed by atoms with Crippen LogP contribution in [0.25, 0.3) is 22.3 Å². The first-order valence-electron chi connectivity index (χ1n) is 23.0. The molecular weight excluding hydrogens is 777 g/mol. The fraction of sp³-hybridized carbons (Fsp3) is 0.283. The normalized spacial score (nSPS) is 20.8. The molecule has 0 aliphatic carbocycles. The maximum Gasteiger partial charge on any atom is 0.0737 e. The second kappa shape index (κ2) is 15.7. The molecule has 4 nitrogen and oxygen atoms in total. The van der Waals surface area contributed by atoms with Crippen LogP contribution in [0.1, 0.15) is 139 Å². The summed E-state index contributed by atoms with van der Waals surface area (Å²) in [5.41, 5.74) is 19.5. The number of hydrogen-bond donors (Lipinski definition) is 3. The Morgan fingerprint density at radius 2 is 0.891 bits per heavy atom. The lowest BCUT2D eigenvalue weighted by atomic mass is 9.85. The van der Waals surface area contributed by atoms with Crippen LogP contribution in [-0.4, -0.2) is 21.7 Å². The summed E-state index contributed by atoms with van der Waals surface area (Å²) >= 11 is 0. The van der Waals surface area contributed by atoms with Gasteiger partial charge in [-0.3, -0.25) is 0 Å². The molecule has 5 heterocycles. The van der Waals surface area contributed by atoms with Gasteiger partial charge in [0.1, 0.15) is 0 Å². The van der Waals surface area contributed by atoms with Crippen LogP contribution in [0.4, 0.5) is 0 Å². The fourth-order valence-corrected chi connectivity index (χ4v) is 9.23. The third-order valence-corrected chi connectivity index (χ3v) is 13.2. The molecule has 4 heteroatoms. The van der Waals surface area contributed by atoms with Gasteiger partial charge >= 0.3 is 0 Å². The predicted molar refractivity (Wildman–Crippen MR) is 271 cm³/mol. The quantitative estimate of drug-likeness (QED) is 0.163. The van der Waals surface area contributed by atoms with Crippen LogP contribution >= 0.6 is 0 Å². The van der Waals surface area contributed by atoms with Crippen molar-refractivity contribution < 1.29 is 0 Å². The SMILES string of the molecule is CC(C)(C)c1ccc(/C2=C3\C=CC(N3)/C(c3ccc(C(C)(C)C)cc3)=c3/cc/c([nH]3)=C(\c3ccc(C(C)(C)C)cc3)C3=N/C(=C(/c4ccc(C(C)(C)C)cc4)c4cc2c[nH]4)C=C3)cc1. The zero-order valence-electron chi connectivity index (χ0n) is 39.9. The van der Waals surface area contributed by atoms with Crippen LogP contribution in [0.2, 0.25) is 0 Å². The number of rotatable bonds is 4. The first-order chi connectivity index (χ1) is 30.2. The third kappa shape index (κ3) is 8.27. The molecule has 0 saturated carbocycles. The van der Waals surface area contributed by atoms with Gasteiger partial charge in [-0.15, -0.1) is 0 Å². The fourth-order valence-electron chi connectivity index (χ4n) is 9.23. The number of hydrogen-bond acceptors (Lipinski definition) is 2. The molecule has 3 aliphatic rings. The van der Waals surface area contributed by atoms with Gasteiger partial charge in [-0.2, -0.15) is 0 Å². The van der Waals surface area contributed by atoms with Crippen molar-refractivity contribution in [3.8, 4) is 0 Å². The minimum absolute atomic E-state index is 0.0345. The van der Waals surface area contributed by atoms with Gasteiger partial charge in [0.05, 0.1) is 17.5 Å². The summed E-state index contributed by atoms with van der Waals surface area (Å²) in [5.74, 6) is 0. The second-order valence-corrected chi connectivity index (χ2v) is 22.0. The molecule has 2 aromatic heterocycles. The smallest absolute Gasteiger partial charge is 0.0737 e. The number of allylic oxidation sites excluding steroid dienone is 3. The Balaban J connectivity index is 1.34. The average molecular weight is 841 g/mol. The van der Waals surface area contributed by atoms with Crippen molar-refractivity contribution in [3.05, 3.63) is 224 Å². The molecule has 3 aliphatic heterocycles. The molecule has 3 N–H and O–H groups in total. The van der Waals surface area contributed by atoms with Crippen molar-refractivity contribution in [1.29, 1.82) is 0 Å². The molecule has 8 bridgehead atoms. The highest BCUT2D eigenvalue weighted by molar-refractivity contribution is 6.30. The van der Waals surface area contributed by atoms with Gasteiger partial charge in [-0.1, -0.05) is 186 Å². The van der Waals surface area contributed by atoms with E-state index in [0.717, 1.165) is 72.5 Å². The van der Waals surface area contributed by atoms with Crippen molar-refractivity contribution in [2.45, 2.75) is 111 Å². The summed E-state index contributed by atoms with van der Waals surface area (Å²) in [6.07, 6.45) is 11.2. The summed E-state index contributed by atoms with van der Waals surface area (Å²) in [4.78, 5) is 13.3. The van der Waals surface area contributed by atoms with Crippen molar-refractivity contribution in [3.63, 3.8) is 0 Å². The first kappa shape index (κ1) is 42.9. The van der Waals surface area contributed by atoms with E-state index >= 15 is 0 Å². The Bertz CT molecular complexity index is 3030. The van der Waals surface area contributed by atoms with E-state index in [2.05, 4.69) is 244 Å². The van der Waals surface area contributed by atoms with Crippen LogP contribution in [0.3, 0.4) is 0 Å². The van der Waals surface area contributed by atoms with E-state index in [4.69, 9.17) is 4.99 Å². The van der Waals surface area contributed by atoms with Gasteiger partial charge < -0.3 is 15.3 Å². The molecule has 4 aromatic carbocycles. The Hall–Kier alpha value is -6.39. The van der Waals surface area contributed by atoms with Crippen molar-refractivity contribution >= 4 is 28.0 Å². The van der Waals surface area contributed by atoms with Crippen LogP contribution in [0, 0.1) is 0 Å². The van der Waals surface area contributed by atoms with Crippen molar-refractivity contribution in [2.24, 2.45) is 4.99 Å². The lowest BCUT2D eigenvalue weighted by molar-refractivity contribution is 0.590. The zero-order chi connectivity index (χ0) is 45.3. The van der Waals surface area contributed by atoms with Crippen LogP contribution < -0.4 is 16.0 Å². The molecule has 0 fully saturated rings. The van der Waals surface area contributed by atoms with Crippen LogP contribution in [-0.2, 0) is 21.7 Å². The topological polar surface area (TPSA) is 56.0 Å². The first-order valence-corrected chi connectivity index (χ1v) is 23.0. The van der Waals surface area contributed by atoms with Crippen molar-refractivity contribution in [2.75, 3.05) is 0 Å². The molecule has 1 unspecified atom stereocenters. The largest absolute Gasteiger partial charge is 0.374 e. The lowest BCUT2D eigenvalue weighted by Gasteiger charge is -2.22. The number of aromatic amines is 2. The lowest BCUT2D eigenvalue weighted by Crippen LogP contribution is -2.30. The van der Waals surface area contributed by atoms with E-state index in [0.29, 0.717) is 0 Å². The maximum absolute atomic E-state index is 5.57. The molecule has 1 atom stereocenters. The number of fused-ring (bicyclic) bond motifs is 7. The molecule has 0 radical (unpaired) electrons. The average Bonchev–Trinajstić information content (AvgIpc) is 4.08. The van der Waals surface area contributed by atoms with E-state index < -0.39 is 0 Å². The Labute approximate surface area is 381 Å². The summed E-state index contributed by atoms with van der Waals surface area (Å²) in [5, 5.41) is 6.14. The van der Waals surface area contributed by atoms with E-state index in [9.17, 15) is 0 Å². The molecule has 0 saturated heterocycles. The summed E-state index contributed by atoms with van der Waals surface area (Å²) < 4.78 is 0. The number of aromatic nitrogens is 2. The predicted octanol–water partition coefficient (Wildman–Crippen LogP) is 12.7. The van der Waals surface area contributed by atoms with Gasteiger partial charge in [0, 0.05) is 56.1 Å². The minimum atomic E-state index is -0.0984. The van der Waals surface area contributed by atoms with Crippen molar-refractivity contribution in [1.82, 2.24) is 15.3 Å². The van der Waals surface area contributed by atoms with E-state index in [1.807, 2.05) is 0 Å². The van der Waals surface area contributed by atoms with Crippen LogP contribution in [0.15, 0.2) is 162 Å². The number of nitrogens with zero attached hydrogens (tertiary/aromatic N) is 1. The molecule has 9 rings (SSSR count). The van der Waals surface area contributed by atoms with Gasteiger partial charge in [-0.05, 0) is 103 Å². The Morgan fingerprint density at radius 3 is 1.39 bits per heavy atom. The van der Waals surface area contributed by atoms with E-state index in [1.54, 1.807) is 0 Å². The highest BCUT2D eigenvalue weighted by atomic mass is 15.0. The van der Waals surface area contributed by atoms with Crippen LogP contribution in [0.5, 0.6) is 0 Å². The number of aliphatic imine (C=N–C) groups is 1. The summed E-state index contributed by atoms with van der Waals surface area (Å²) in [6.45, 7) is 27.3. The van der Waals surface area contributed by atoms with Gasteiger partial charge in [0.15, 0.2) is 0 Å². The standard InChI is InChI=1S/C60H64N4/c1-57(2,3)42-21-13-37(14-22-42)53-41-35-52(61-36-41)56(40-19-27-45(28-20-40)60(10,11)12)51-34-33-50(64-51)55(39-17-25-44(26-18-39)59(7,8)9)49-32-31-48(63-49)54(47-30-29-46(53)62-47)38-15-23-43(24-16-38)58(4,5)6/h13-36,47,61-63H,1-12H3/b53-46-,54-48-,55-49-,56-51-. The minimum Gasteiger partial charge on any atom is -0.374 e.